The number of benzene rings is 1. The molecule has 2 heterocycles. The lowest BCUT2D eigenvalue weighted by atomic mass is 9.88. The van der Waals surface area contributed by atoms with E-state index in [0.717, 1.165) is 28.3 Å². The zero-order chi connectivity index (χ0) is 14.8. The van der Waals surface area contributed by atoms with E-state index in [1.807, 2.05) is 19.1 Å². The summed E-state index contributed by atoms with van der Waals surface area (Å²) >= 11 is 3.46. The maximum atomic E-state index is 12.4. The molecule has 0 unspecified atom stereocenters. The van der Waals surface area contributed by atoms with Gasteiger partial charge in [-0.1, -0.05) is 0 Å². The molecule has 1 N–H and O–H groups in total. The minimum Gasteiger partial charge on any atom is -0.450 e. The van der Waals surface area contributed by atoms with Gasteiger partial charge in [0.05, 0.1) is 17.6 Å². The lowest BCUT2D eigenvalue weighted by molar-refractivity contribution is -0.0964. The summed E-state index contributed by atoms with van der Waals surface area (Å²) in [5.41, 5.74) is 1.15. The van der Waals surface area contributed by atoms with Crippen molar-refractivity contribution >= 4 is 32.8 Å². The van der Waals surface area contributed by atoms with Gasteiger partial charge >= 0.3 is 0 Å². The van der Waals surface area contributed by atoms with Gasteiger partial charge in [-0.25, -0.2) is 0 Å². The molecule has 1 amide bonds. The van der Waals surface area contributed by atoms with E-state index in [9.17, 15) is 9.90 Å². The molecule has 1 aliphatic heterocycles. The van der Waals surface area contributed by atoms with Crippen molar-refractivity contribution in [2.45, 2.75) is 25.4 Å². The first-order valence-electron chi connectivity index (χ1n) is 7.18. The van der Waals surface area contributed by atoms with Crippen LogP contribution in [0.5, 0.6) is 0 Å². The number of carbonyl (C=O) groups excluding carboxylic acids is 1. The second-order valence-electron chi connectivity index (χ2n) is 6.31. The topological polar surface area (TPSA) is 53.7 Å². The van der Waals surface area contributed by atoms with Crippen LogP contribution in [0.1, 0.15) is 29.0 Å². The van der Waals surface area contributed by atoms with Gasteiger partial charge in [-0.15, -0.1) is 0 Å². The third-order valence-electron chi connectivity index (χ3n) is 4.48. The number of nitrogens with zero attached hydrogens (tertiary/aromatic N) is 1. The first kappa shape index (κ1) is 13.3. The van der Waals surface area contributed by atoms with Gasteiger partial charge in [-0.3, -0.25) is 4.79 Å². The summed E-state index contributed by atoms with van der Waals surface area (Å²) in [5, 5.41) is 11.2. The van der Waals surface area contributed by atoms with E-state index >= 15 is 0 Å². The summed E-state index contributed by atoms with van der Waals surface area (Å²) in [4.78, 5) is 14.1. The second-order valence-corrected chi connectivity index (χ2v) is 7.17. The number of amides is 1. The van der Waals surface area contributed by atoms with Crippen molar-refractivity contribution in [1.82, 2.24) is 4.90 Å². The number of rotatable bonds is 2. The molecule has 0 atom stereocenters. The van der Waals surface area contributed by atoms with Gasteiger partial charge in [0.2, 0.25) is 0 Å². The molecular formula is C16H16BrNO3. The zero-order valence-electron chi connectivity index (χ0n) is 11.7. The molecule has 4 rings (SSSR count). The predicted molar refractivity (Wildman–Crippen MR) is 82.2 cm³/mol. The van der Waals surface area contributed by atoms with Crippen molar-refractivity contribution in [3.05, 3.63) is 34.0 Å². The smallest absolute Gasteiger partial charge is 0.289 e. The molecule has 110 valence electrons. The fraction of sp³-hybridized carbons (Fsp3) is 0.438. The van der Waals surface area contributed by atoms with E-state index in [4.69, 9.17) is 4.42 Å². The molecule has 5 heteroatoms. The highest BCUT2D eigenvalue weighted by Crippen LogP contribution is 2.45. The van der Waals surface area contributed by atoms with Crippen LogP contribution in [-0.4, -0.2) is 34.6 Å². The number of hydrogen-bond acceptors (Lipinski definition) is 3. The monoisotopic (exact) mass is 349 g/mol. The predicted octanol–water partition coefficient (Wildman–Crippen LogP) is 3.10. The van der Waals surface area contributed by atoms with Crippen molar-refractivity contribution in [3.63, 3.8) is 0 Å². The molecule has 1 aromatic heterocycles. The lowest BCUT2D eigenvalue weighted by Gasteiger charge is -2.46. The number of aliphatic hydroxyl groups is 1. The van der Waals surface area contributed by atoms with Crippen LogP contribution in [0.15, 0.2) is 27.1 Å². The van der Waals surface area contributed by atoms with Crippen LogP contribution in [0.25, 0.3) is 11.0 Å². The Morgan fingerprint density at radius 2 is 2.10 bits per heavy atom. The summed E-state index contributed by atoms with van der Waals surface area (Å²) in [6, 6.07) is 5.75. The molecule has 0 bridgehead atoms. The Morgan fingerprint density at radius 3 is 2.76 bits per heavy atom. The third kappa shape index (κ3) is 2.10. The van der Waals surface area contributed by atoms with Crippen molar-refractivity contribution in [3.8, 4) is 0 Å². The van der Waals surface area contributed by atoms with Crippen molar-refractivity contribution in [2.75, 3.05) is 13.1 Å². The van der Waals surface area contributed by atoms with Crippen LogP contribution >= 0.6 is 15.9 Å². The fourth-order valence-electron chi connectivity index (χ4n) is 3.15. The number of aryl methyl sites for hydroxylation is 1. The number of halogens is 1. The highest BCUT2D eigenvalue weighted by atomic mass is 79.9. The van der Waals surface area contributed by atoms with E-state index in [-0.39, 0.29) is 5.91 Å². The average Bonchev–Trinajstić information content (AvgIpc) is 3.15. The summed E-state index contributed by atoms with van der Waals surface area (Å²) in [5.74, 6) is 0.587. The highest BCUT2D eigenvalue weighted by Gasteiger charge is 2.53. The normalized spacial score (nSPS) is 20.6. The molecule has 0 spiro atoms. The van der Waals surface area contributed by atoms with Gasteiger partial charge in [0.25, 0.3) is 5.91 Å². The number of hydrogen-bond donors (Lipinski definition) is 1. The van der Waals surface area contributed by atoms with Crippen molar-refractivity contribution < 1.29 is 14.3 Å². The summed E-state index contributed by atoms with van der Waals surface area (Å²) < 4.78 is 6.55. The first-order chi connectivity index (χ1) is 9.96. The van der Waals surface area contributed by atoms with Crippen molar-refractivity contribution in [1.29, 1.82) is 0 Å². The van der Waals surface area contributed by atoms with Gasteiger partial charge in [0, 0.05) is 5.39 Å². The number of likely N-dealkylation sites (tertiary alicyclic amines) is 1. The molecule has 1 saturated carbocycles. The molecule has 1 aliphatic carbocycles. The van der Waals surface area contributed by atoms with E-state index in [1.54, 1.807) is 11.0 Å². The number of furan rings is 1. The largest absolute Gasteiger partial charge is 0.450 e. The Kier molecular flexibility index (Phi) is 2.75. The Morgan fingerprint density at radius 1 is 1.38 bits per heavy atom. The van der Waals surface area contributed by atoms with E-state index in [0.29, 0.717) is 30.4 Å². The summed E-state index contributed by atoms with van der Waals surface area (Å²) in [6.45, 7) is 2.85. The van der Waals surface area contributed by atoms with E-state index in [1.165, 1.54) is 0 Å². The Labute approximate surface area is 130 Å². The SMILES string of the molecule is Cc1cc(Br)c2oc(C(=O)N3CC(O)(C4CC4)C3)cc2c1. The van der Waals surface area contributed by atoms with Crippen LogP contribution in [0.3, 0.4) is 0 Å². The zero-order valence-corrected chi connectivity index (χ0v) is 13.3. The van der Waals surface area contributed by atoms with Gasteiger partial charge < -0.3 is 14.4 Å². The molecule has 21 heavy (non-hydrogen) atoms. The maximum Gasteiger partial charge on any atom is 0.289 e. The minimum atomic E-state index is -0.654. The molecule has 4 nitrogen and oxygen atoms in total. The Hall–Kier alpha value is -1.33. The van der Waals surface area contributed by atoms with E-state index in [2.05, 4.69) is 15.9 Å². The van der Waals surface area contributed by atoms with Crippen LogP contribution in [0, 0.1) is 12.8 Å². The minimum absolute atomic E-state index is 0.138. The van der Waals surface area contributed by atoms with Crippen LogP contribution in [0.4, 0.5) is 0 Å². The maximum absolute atomic E-state index is 12.4. The average molecular weight is 350 g/mol. The van der Waals surface area contributed by atoms with Crippen molar-refractivity contribution in [2.24, 2.45) is 5.92 Å². The summed E-state index contributed by atoms with van der Waals surface area (Å²) in [6.07, 6.45) is 2.16. The van der Waals surface area contributed by atoms with Gasteiger partial charge in [-0.2, -0.15) is 0 Å². The molecule has 1 saturated heterocycles. The van der Waals surface area contributed by atoms with Gasteiger partial charge in [0.15, 0.2) is 5.76 Å². The molecular weight excluding hydrogens is 334 g/mol. The molecule has 2 aromatic rings. The highest BCUT2D eigenvalue weighted by molar-refractivity contribution is 9.10. The standard InChI is InChI=1S/C16H16BrNO3/c1-9-4-10-6-13(21-14(10)12(17)5-9)15(19)18-7-16(20,8-18)11-2-3-11/h4-6,11,20H,2-3,7-8H2,1H3. The molecule has 2 fully saturated rings. The quantitative estimate of drug-likeness (QED) is 0.906. The van der Waals surface area contributed by atoms with Gasteiger partial charge in [-0.05, 0) is 65.4 Å². The third-order valence-corrected chi connectivity index (χ3v) is 5.07. The summed E-state index contributed by atoms with van der Waals surface area (Å²) in [7, 11) is 0. The number of carbonyl (C=O) groups is 1. The fourth-order valence-corrected chi connectivity index (χ4v) is 3.82. The van der Waals surface area contributed by atoms with Crippen LogP contribution in [-0.2, 0) is 0 Å². The number of fused-ring (bicyclic) bond motifs is 1. The Bertz CT molecular complexity index is 741. The van der Waals surface area contributed by atoms with Crippen LogP contribution in [0.2, 0.25) is 0 Å². The van der Waals surface area contributed by atoms with Crippen LogP contribution < -0.4 is 0 Å². The molecule has 0 radical (unpaired) electrons. The first-order valence-corrected chi connectivity index (χ1v) is 7.97. The van der Waals surface area contributed by atoms with Gasteiger partial charge in [0.1, 0.15) is 11.2 Å². The molecule has 2 aliphatic rings. The number of β-amino-alcohol motifs (C(OH)–C–C–N with tert-alkyl or cyclic N) is 1. The van der Waals surface area contributed by atoms with E-state index < -0.39 is 5.60 Å². The Balaban J connectivity index is 1.59. The molecule has 1 aromatic carbocycles. The second kappa shape index (κ2) is 4.34. The lowest BCUT2D eigenvalue weighted by Crippen LogP contribution is -2.64.